The van der Waals surface area contributed by atoms with Gasteiger partial charge in [-0.2, -0.15) is 5.26 Å². The highest BCUT2D eigenvalue weighted by molar-refractivity contribution is 5.72. The van der Waals surface area contributed by atoms with Crippen LogP contribution in [-0.4, -0.2) is 19.0 Å². The van der Waals surface area contributed by atoms with E-state index < -0.39 is 0 Å². The summed E-state index contributed by atoms with van der Waals surface area (Å²) >= 11 is 0. The molecule has 1 rings (SSSR count). The molecule has 2 N–H and O–H groups in total. The molecule has 0 radical (unpaired) electrons. The van der Waals surface area contributed by atoms with Crippen molar-refractivity contribution in [3.05, 3.63) is 35.9 Å². The number of hydrogen-bond donors (Lipinski definition) is 2. The molecule has 0 bridgehead atoms. The third kappa shape index (κ3) is 4.11. The molecule has 0 spiro atoms. The molecule has 4 nitrogen and oxygen atoms in total. The van der Waals surface area contributed by atoms with Crippen LogP contribution in [0.4, 0.5) is 0 Å². The van der Waals surface area contributed by atoms with E-state index in [4.69, 9.17) is 5.26 Å². The molecule has 1 aromatic carbocycles. The van der Waals surface area contributed by atoms with Crippen molar-refractivity contribution < 1.29 is 4.79 Å². The summed E-state index contributed by atoms with van der Waals surface area (Å²) in [6.45, 7) is 2.58. The summed E-state index contributed by atoms with van der Waals surface area (Å²) in [7, 11) is 0. The summed E-state index contributed by atoms with van der Waals surface area (Å²) in [5, 5.41) is 14.7. The summed E-state index contributed by atoms with van der Waals surface area (Å²) in [4.78, 5) is 10.6. The van der Waals surface area contributed by atoms with Crippen LogP contribution in [0.15, 0.2) is 30.3 Å². The average molecular weight is 217 g/mol. The second-order valence-electron chi connectivity index (χ2n) is 3.41. The van der Waals surface area contributed by atoms with Crippen LogP contribution in [0, 0.1) is 11.3 Å². The monoisotopic (exact) mass is 217 g/mol. The SMILES string of the molecule is CC(=O)NCCNC(C#N)c1ccccc1. The lowest BCUT2D eigenvalue weighted by Crippen LogP contribution is -2.31. The zero-order chi connectivity index (χ0) is 11.8. The highest BCUT2D eigenvalue weighted by atomic mass is 16.1. The van der Waals surface area contributed by atoms with E-state index in [-0.39, 0.29) is 11.9 Å². The zero-order valence-corrected chi connectivity index (χ0v) is 9.23. The smallest absolute Gasteiger partial charge is 0.216 e. The second-order valence-corrected chi connectivity index (χ2v) is 3.41. The average Bonchev–Trinajstić information content (AvgIpc) is 2.30. The number of nitrogens with one attached hydrogen (secondary N) is 2. The maximum Gasteiger partial charge on any atom is 0.216 e. The second kappa shape index (κ2) is 6.59. The van der Waals surface area contributed by atoms with Gasteiger partial charge in [-0.15, -0.1) is 0 Å². The number of amides is 1. The van der Waals surface area contributed by atoms with Crippen molar-refractivity contribution in [1.82, 2.24) is 10.6 Å². The molecule has 4 heteroatoms. The van der Waals surface area contributed by atoms with Crippen molar-refractivity contribution in [2.24, 2.45) is 0 Å². The van der Waals surface area contributed by atoms with Gasteiger partial charge in [0.1, 0.15) is 6.04 Å². The first-order valence-electron chi connectivity index (χ1n) is 5.16. The third-order valence-electron chi connectivity index (χ3n) is 2.11. The van der Waals surface area contributed by atoms with Gasteiger partial charge in [-0.05, 0) is 5.56 Å². The molecule has 0 aliphatic carbocycles. The molecule has 0 saturated carbocycles. The van der Waals surface area contributed by atoms with Gasteiger partial charge >= 0.3 is 0 Å². The van der Waals surface area contributed by atoms with Crippen LogP contribution in [0.1, 0.15) is 18.5 Å². The third-order valence-corrected chi connectivity index (χ3v) is 2.11. The zero-order valence-electron chi connectivity index (χ0n) is 9.23. The first kappa shape index (κ1) is 12.2. The summed E-state index contributed by atoms with van der Waals surface area (Å²) in [5.41, 5.74) is 0.938. The van der Waals surface area contributed by atoms with E-state index in [9.17, 15) is 4.79 Å². The first-order valence-corrected chi connectivity index (χ1v) is 5.16. The molecule has 0 saturated heterocycles. The summed E-state index contributed by atoms with van der Waals surface area (Å²) in [5.74, 6) is -0.0602. The van der Waals surface area contributed by atoms with Crippen LogP contribution in [0.2, 0.25) is 0 Å². The van der Waals surface area contributed by atoms with E-state index in [1.165, 1.54) is 6.92 Å². The predicted molar refractivity (Wildman–Crippen MR) is 61.5 cm³/mol. The largest absolute Gasteiger partial charge is 0.355 e. The van der Waals surface area contributed by atoms with E-state index >= 15 is 0 Å². The Bertz CT molecular complexity index is 370. The first-order chi connectivity index (χ1) is 7.74. The number of benzene rings is 1. The number of nitriles is 1. The van der Waals surface area contributed by atoms with E-state index in [2.05, 4.69) is 16.7 Å². The Labute approximate surface area is 95.3 Å². The van der Waals surface area contributed by atoms with Crippen LogP contribution in [-0.2, 0) is 4.79 Å². The molecule has 0 heterocycles. The van der Waals surface area contributed by atoms with Gasteiger partial charge in [0.2, 0.25) is 5.91 Å². The lowest BCUT2D eigenvalue weighted by atomic mass is 10.1. The fourth-order valence-electron chi connectivity index (χ4n) is 1.34. The fourth-order valence-corrected chi connectivity index (χ4v) is 1.34. The van der Waals surface area contributed by atoms with E-state index in [1.807, 2.05) is 30.3 Å². The van der Waals surface area contributed by atoms with Crippen molar-refractivity contribution in [2.75, 3.05) is 13.1 Å². The Morgan fingerprint density at radius 1 is 1.38 bits per heavy atom. The summed E-state index contributed by atoms with van der Waals surface area (Å²) in [6, 6.07) is 11.4. The number of carbonyl (C=O) groups is 1. The Balaban J connectivity index is 2.39. The highest BCUT2D eigenvalue weighted by Crippen LogP contribution is 2.10. The lowest BCUT2D eigenvalue weighted by Gasteiger charge is -2.11. The number of hydrogen-bond acceptors (Lipinski definition) is 3. The molecular formula is C12H15N3O. The Morgan fingerprint density at radius 2 is 2.06 bits per heavy atom. The molecule has 0 aliphatic rings. The molecule has 16 heavy (non-hydrogen) atoms. The molecule has 0 aliphatic heterocycles. The maximum absolute atomic E-state index is 10.6. The van der Waals surface area contributed by atoms with Gasteiger partial charge in [0, 0.05) is 20.0 Å². The molecule has 84 valence electrons. The molecule has 1 amide bonds. The van der Waals surface area contributed by atoms with E-state index in [0.29, 0.717) is 13.1 Å². The van der Waals surface area contributed by atoms with Crippen molar-refractivity contribution in [2.45, 2.75) is 13.0 Å². The van der Waals surface area contributed by atoms with Crippen LogP contribution >= 0.6 is 0 Å². The molecule has 1 atom stereocenters. The lowest BCUT2D eigenvalue weighted by molar-refractivity contribution is -0.118. The topological polar surface area (TPSA) is 64.9 Å². The highest BCUT2D eigenvalue weighted by Gasteiger charge is 2.07. The van der Waals surface area contributed by atoms with Crippen molar-refractivity contribution >= 4 is 5.91 Å². The maximum atomic E-state index is 10.6. The minimum absolute atomic E-state index is 0.0602. The van der Waals surface area contributed by atoms with Gasteiger partial charge in [-0.3, -0.25) is 10.1 Å². The Kier molecular flexibility index (Phi) is 5.03. The van der Waals surface area contributed by atoms with Gasteiger partial charge in [0.25, 0.3) is 0 Å². The molecule has 0 aromatic heterocycles. The minimum atomic E-state index is -0.324. The van der Waals surface area contributed by atoms with Gasteiger partial charge in [-0.25, -0.2) is 0 Å². The van der Waals surface area contributed by atoms with Crippen molar-refractivity contribution in [3.8, 4) is 6.07 Å². The molecule has 1 aromatic rings. The van der Waals surface area contributed by atoms with Crippen LogP contribution < -0.4 is 10.6 Å². The van der Waals surface area contributed by atoms with E-state index in [0.717, 1.165) is 5.56 Å². The summed E-state index contributed by atoms with van der Waals surface area (Å²) in [6.07, 6.45) is 0. The van der Waals surface area contributed by atoms with Crippen molar-refractivity contribution in [1.29, 1.82) is 5.26 Å². The van der Waals surface area contributed by atoms with Gasteiger partial charge in [-0.1, -0.05) is 30.3 Å². The standard InChI is InChI=1S/C12H15N3O/c1-10(16)14-7-8-15-12(9-13)11-5-3-2-4-6-11/h2-6,12,15H,7-8H2,1H3,(H,14,16). The normalized spacial score (nSPS) is 11.5. The number of nitrogens with zero attached hydrogens (tertiary/aromatic N) is 1. The summed E-state index contributed by atoms with van der Waals surface area (Å²) < 4.78 is 0. The molecule has 1 unspecified atom stereocenters. The number of carbonyl (C=O) groups excluding carboxylic acids is 1. The number of rotatable bonds is 5. The van der Waals surface area contributed by atoms with Gasteiger partial charge < -0.3 is 5.32 Å². The van der Waals surface area contributed by atoms with Crippen LogP contribution in [0.5, 0.6) is 0 Å². The van der Waals surface area contributed by atoms with Gasteiger partial charge in [0.15, 0.2) is 0 Å². The fraction of sp³-hybridized carbons (Fsp3) is 0.333. The van der Waals surface area contributed by atoms with Crippen molar-refractivity contribution in [3.63, 3.8) is 0 Å². The Morgan fingerprint density at radius 3 is 2.62 bits per heavy atom. The van der Waals surface area contributed by atoms with Gasteiger partial charge in [0.05, 0.1) is 6.07 Å². The van der Waals surface area contributed by atoms with E-state index in [1.54, 1.807) is 0 Å². The Hall–Kier alpha value is -1.86. The molecule has 0 fully saturated rings. The molecular weight excluding hydrogens is 202 g/mol. The van der Waals surface area contributed by atoms with Crippen LogP contribution in [0.3, 0.4) is 0 Å². The quantitative estimate of drug-likeness (QED) is 0.722. The van der Waals surface area contributed by atoms with Crippen LogP contribution in [0.25, 0.3) is 0 Å². The predicted octanol–water partition coefficient (Wildman–Crippen LogP) is 0.977. The minimum Gasteiger partial charge on any atom is -0.355 e.